The second-order valence-corrected chi connectivity index (χ2v) is 4.72. The van der Waals surface area contributed by atoms with Gasteiger partial charge in [0.05, 0.1) is 25.6 Å². The summed E-state index contributed by atoms with van der Waals surface area (Å²) >= 11 is 0. The van der Waals surface area contributed by atoms with E-state index in [1.165, 1.54) is 6.20 Å². The third-order valence-corrected chi connectivity index (χ3v) is 3.54. The average Bonchev–Trinajstić information content (AvgIpc) is 2.88. The largest absolute Gasteiger partial charge is 0.364 e. The van der Waals surface area contributed by atoms with Crippen molar-refractivity contribution in [3.05, 3.63) is 18.1 Å². The first-order valence-electron chi connectivity index (χ1n) is 6.33. The summed E-state index contributed by atoms with van der Waals surface area (Å²) in [5.74, 6) is -0.306. The summed E-state index contributed by atoms with van der Waals surface area (Å²) in [4.78, 5) is 21.4. The van der Waals surface area contributed by atoms with E-state index >= 15 is 0 Å². The van der Waals surface area contributed by atoms with Gasteiger partial charge in [-0.2, -0.15) is 0 Å². The second-order valence-electron chi connectivity index (χ2n) is 4.72. The van der Waals surface area contributed by atoms with Crippen LogP contribution in [-0.4, -0.2) is 48.0 Å². The molecular formula is C12H16N4O3. The van der Waals surface area contributed by atoms with Gasteiger partial charge in [0.2, 0.25) is 0 Å². The summed E-state index contributed by atoms with van der Waals surface area (Å²) in [5, 5.41) is 0. The molecule has 19 heavy (non-hydrogen) atoms. The maximum atomic E-state index is 11.1. The van der Waals surface area contributed by atoms with Crippen LogP contribution in [0.5, 0.6) is 0 Å². The molecule has 2 fully saturated rings. The van der Waals surface area contributed by atoms with Crippen LogP contribution in [0.2, 0.25) is 0 Å². The maximum absolute atomic E-state index is 11.1. The fourth-order valence-corrected chi connectivity index (χ4v) is 2.49. The van der Waals surface area contributed by atoms with Crippen LogP contribution in [0.3, 0.4) is 0 Å². The van der Waals surface area contributed by atoms with Gasteiger partial charge in [-0.15, -0.1) is 0 Å². The van der Waals surface area contributed by atoms with E-state index in [-0.39, 0.29) is 5.69 Å². The van der Waals surface area contributed by atoms with Crippen LogP contribution < -0.4 is 10.6 Å². The van der Waals surface area contributed by atoms with Crippen molar-refractivity contribution < 1.29 is 14.3 Å². The minimum Gasteiger partial charge on any atom is -0.364 e. The molecule has 0 bridgehead atoms. The molecule has 0 aromatic carbocycles. The highest BCUT2D eigenvalue weighted by Crippen LogP contribution is 2.32. The molecular weight excluding hydrogens is 248 g/mol. The number of anilines is 1. The van der Waals surface area contributed by atoms with Crippen molar-refractivity contribution in [2.75, 3.05) is 31.2 Å². The van der Waals surface area contributed by atoms with Crippen molar-refractivity contribution in [1.82, 2.24) is 9.97 Å². The zero-order chi connectivity index (χ0) is 13.3. The molecule has 1 spiro atoms. The number of hydrogen-bond donors (Lipinski definition) is 1. The van der Waals surface area contributed by atoms with Gasteiger partial charge in [-0.05, 0) is 0 Å². The highest BCUT2D eigenvalue weighted by Gasteiger charge is 2.40. The van der Waals surface area contributed by atoms with E-state index in [0.717, 1.165) is 25.9 Å². The van der Waals surface area contributed by atoms with E-state index < -0.39 is 11.7 Å². The molecule has 1 amide bonds. The Morgan fingerprint density at radius 3 is 2.58 bits per heavy atom. The number of carbonyl (C=O) groups is 1. The number of hydrogen-bond acceptors (Lipinski definition) is 6. The highest BCUT2D eigenvalue weighted by molar-refractivity contribution is 5.90. The molecule has 0 radical (unpaired) electrons. The SMILES string of the molecule is NC(=O)c1cncc(N2CCC3(CC2)OCCO3)n1. The first-order valence-corrected chi connectivity index (χ1v) is 6.33. The molecule has 1 aromatic heterocycles. The van der Waals surface area contributed by atoms with Crippen molar-refractivity contribution in [3.8, 4) is 0 Å². The quantitative estimate of drug-likeness (QED) is 0.803. The number of primary amides is 1. The van der Waals surface area contributed by atoms with Crippen LogP contribution in [0, 0.1) is 0 Å². The summed E-state index contributed by atoms with van der Waals surface area (Å²) in [6, 6.07) is 0. The van der Waals surface area contributed by atoms with Gasteiger partial charge in [0.15, 0.2) is 5.79 Å². The summed E-state index contributed by atoms with van der Waals surface area (Å²) in [6.07, 6.45) is 4.59. The molecule has 7 nitrogen and oxygen atoms in total. The first kappa shape index (κ1) is 12.3. The molecule has 0 saturated carbocycles. The Morgan fingerprint density at radius 1 is 1.26 bits per heavy atom. The Labute approximate surface area is 110 Å². The molecule has 3 heterocycles. The Bertz CT molecular complexity index is 478. The van der Waals surface area contributed by atoms with Gasteiger partial charge in [0, 0.05) is 25.9 Å². The monoisotopic (exact) mass is 264 g/mol. The molecule has 102 valence electrons. The lowest BCUT2D eigenvalue weighted by Gasteiger charge is -2.37. The van der Waals surface area contributed by atoms with Crippen molar-refractivity contribution >= 4 is 11.7 Å². The number of rotatable bonds is 2. The molecule has 1 aromatic rings. The van der Waals surface area contributed by atoms with Crippen LogP contribution in [0.4, 0.5) is 5.82 Å². The van der Waals surface area contributed by atoms with Crippen molar-refractivity contribution in [2.45, 2.75) is 18.6 Å². The molecule has 2 N–H and O–H groups in total. The summed E-state index contributed by atoms with van der Waals surface area (Å²) in [5.41, 5.74) is 5.39. The maximum Gasteiger partial charge on any atom is 0.268 e. The number of nitrogens with zero attached hydrogens (tertiary/aromatic N) is 3. The van der Waals surface area contributed by atoms with Gasteiger partial charge < -0.3 is 20.1 Å². The van der Waals surface area contributed by atoms with Crippen LogP contribution in [-0.2, 0) is 9.47 Å². The van der Waals surface area contributed by atoms with E-state index in [1.807, 2.05) is 0 Å². The average molecular weight is 264 g/mol. The van der Waals surface area contributed by atoms with E-state index in [1.54, 1.807) is 6.20 Å². The minimum absolute atomic E-state index is 0.186. The molecule has 7 heteroatoms. The Kier molecular flexibility index (Phi) is 3.08. The molecule has 0 atom stereocenters. The summed E-state index contributed by atoms with van der Waals surface area (Å²) < 4.78 is 11.3. The third-order valence-electron chi connectivity index (χ3n) is 3.54. The Balaban J connectivity index is 1.71. The Hall–Kier alpha value is -1.73. The van der Waals surface area contributed by atoms with E-state index in [2.05, 4.69) is 14.9 Å². The van der Waals surface area contributed by atoms with Gasteiger partial charge >= 0.3 is 0 Å². The van der Waals surface area contributed by atoms with E-state index in [9.17, 15) is 4.79 Å². The topological polar surface area (TPSA) is 90.6 Å². The molecule has 2 saturated heterocycles. The van der Waals surface area contributed by atoms with Gasteiger partial charge in [-0.3, -0.25) is 9.78 Å². The fraction of sp³-hybridized carbons (Fsp3) is 0.583. The number of nitrogens with two attached hydrogens (primary N) is 1. The normalized spacial score (nSPS) is 21.8. The lowest BCUT2D eigenvalue weighted by atomic mass is 10.0. The molecule has 0 aliphatic carbocycles. The molecule has 2 aliphatic heterocycles. The first-order chi connectivity index (χ1) is 9.19. The Morgan fingerprint density at radius 2 is 1.95 bits per heavy atom. The number of piperidine rings is 1. The second kappa shape index (κ2) is 4.75. The van der Waals surface area contributed by atoms with Crippen LogP contribution in [0.25, 0.3) is 0 Å². The van der Waals surface area contributed by atoms with Gasteiger partial charge in [-0.25, -0.2) is 4.98 Å². The van der Waals surface area contributed by atoms with Crippen molar-refractivity contribution in [1.29, 1.82) is 0 Å². The molecule has 3 rings (SSSR count). The fourth-order valence-electron chi connectivity index (χ4n) is 2.49. The lowest BCUT2D eigenvalue weighted by molar-refractivity contribution is -0.169. The number of amides is 1. The molecule has 2 aliphatic rings. The van der Waals surface area contributed by atoms with Crippen LogP contribution in [0.15, 0.2) is 12.4 Å². The van der Waals surface area contributed by atoms with Gasteiger partial charge in [0.1, 0.15) is 11.5 Å². The molecule has 0 unspecified atom stereocenters. The zero-order valence-electron chi connectivity index (χ0n) is 10.5. The lowest BCUT2D eigenvalue weighted by Crippen LogP contribution is -2.45. The van der Waals surface area contributed by atoms with Gasteiger partial charge in [-0.1, -0.05) is 0 Å². The number of carbonyl (C=O) groups excluding carboxylic acids is 1. The number of ether oxygens (including phenoxy) is 2. The van der Waals surface area contributed by atoms with Crippen molar-refractivity contribution in [2.24, 2.45) is 5.73 Å². The van der Waals surface area contributed by atoms with Crippen molar-refractivity contribution in [3.63, 3.8) is 0 Å². The minimum atomic E-state index is -0.565. The van der Waals surface area contributed by atoms with Crippen LogP contribution in [0.1, 0.15) is 23.3 Å². The summed E-state index contributed by atoms with van der Waals surface area (Å²) in [6.45, 7) is 2.85. The summed E-state index contributed by atoms with van der Waals surface area (Å²) in [7, 11) is 0. The highest BCUT2D eigenvalue weighted by atomic mass is 16.7. The van der Waals surface area contributed by atoms with Gasteiger partial charge in [0.25, 0.3) is 5.91 Å². The zero-order valence-corrected chi connectivity index (χ0v) is 10.5. The predicted molar refractivity (Wildman–Crippen MR) is 66.6 cm³/mol. The van der Waals surface area contributed by atoms with E-state index in [4.69, 9.17) is 15.2 Å². The smallest absolute Gasteiger partial charge is 0.268 e. The predicted octanol–water partition coefficient (Wildman–Crippen LogP) is -0.0812. The number of aromatic nitrogens is 2. The van der Waals surface area contributed by atoms with Crippen LogP contribution >= 0.6 is 0 Å². The van der Waals surface area contributed by atoms with E-state index in [0.29, 0.717) is 19.0 Å². The standard InChI is InChI=1S/C12H16N4O3/c13-11(17)9-7-14-8-10(15-9)16-3-1-12(2-4-16)18-5-6-19-12/h7-8H,1-6H2,(H2,13,17). The third kappa shape index (κ3) is 2.39.